The van der Waals surface area contributed by atoms with Gasteiger partial charge in [-0.05, 0) is 19.3 Å². The van der Waals surface area contributed by atoms with Crippen LogP contribution in [0.3, 0.4) is 0 Å². The third-order valence-corrected chi connectivity index (χ3v) is 18.3. The molecule has 0 aliphatic carbocycles. The lowest BCUT2D eigenvalue weighted by atomic mass is 9.96. The molecule has 88 heavy (non-hydrogen) atoms. The molecule has 0 aromatic heterocycles. The van der Waals surface area contributed by atoms with Crippen molar-refractivity contribution < 1.29 is 89.4 Å². The zero-order valence-corrected chi connectivity index (χ0v) is 55.0. The number of carbonyl (C=O) groups is 1. The summed E-state index contributed by atoms with van der Waals surface area (Å²) in [5.41, 5.74) is 0. The molecular weight excluding hydrogens is 1130 g/mol. The molecule has 19 nitrogen and oxygen atoms in total. The van der Waals surface area contributed by atoms with Crippen LogP contribution >= 0.6 is 0 Å². The highest BCUT2D eigenvalue weighted by molar-refractivity contribution is 5.76. The molecule has 17 unspecified atom stereocenters. The van der Waals surface area contributed by atoms with E-state index in [1.54, 1.807) is 6.08 Å². The van der Waals surface area contributed by atoms with Gasteiger partial charge in [0.15, 0.2) is 18.9 Å². The maximum Gasteiger partial charge on any atom is 0.220 e. The van der Waals surface area contributed by atoms with Gasteiger partial charge in [-0.3, -0.25) is 4.79 Å². The Morgan fingerprint density at radius 1 is 0.398 bits per heavy atom. The smallest absolute Gasteiger partial charge is 0.220 e. The number of allylic oxidation sites excluding steroid dienone is 1. The first-order valence-electron chi connectivity index (χ1n) is 35.9. The van der Waals surface area contributed by atoms with Gasteiger partial charge in [-0.1, -0.05) is 276 Å². The van der Waals surface area contributed by atoms with E-state index in [0.717, 1.165) is 44.9 Å². The van der Waals surface area contributed by atoms with Crippen molar-refractivity contribution in [2.45, 2.75) is 394 Å². The average molecular weight is 1260 g/mol. The zero-order valence-electron chi connectivity index (χ0n) is 55.0. The van der Waals surface area contributed by atoms with Crippen molar-refractivity contribution in [3.63, 3.8) is 0 Å². The minimum Gasteiger partial charge on any atom is -0.394 e. The second kappa shape index (κ2) is 51.9. The number of nitrogens with one attached hydrogen (secondary N) is 1. The lowest BCUT2D eigenvalue weighted by Gasteiger charge is -2.48. The minimum atomic E-state index is -1.98. The number of unbranched alkanes of at least 4 members (excludes halogenated alkanes) is 40. The molecule has 0 radical (unpaired) electrons. The van der Waals surface area contributed by atoms with Crippen LogP contribution in [-0.4, -0.2) is 193 Å². The van der Waals surface area contributed by atoms with Gasteiger partial charge in [0.25, 0.3) is 0 Å². The maximum absolute atomic E-state index is 13.4. The largest absolute Gasteiger partial charge is 0.394 e. The summed E-state index contributed by atoms with van der Waals surface area (Å²) in [6.07, 6.45) is 30.5. The first-order valence-corrected chi connectivity index (χ1v) is 35.9. The Hall–Kier alpha value is -1.47. The normalized spacial score (nSPS) is 28.4. The number of ether oxygens (including phenoxy) is 6. The van der Waals surface area contributed by atoms with Crippen molar-refractivity contribution >= 4 is 5.91 Å². The highest BCUT2D eigenvalue weighted by atomic mass is 16.8. The highest BCUT2D eigenvalue weighted by Crippen LogP contribution is 2.33. The van der Waals surface area contributed by atoms with E-state index in [-0.39, 0.29) is 18.9 Å². The van der Waals surface area contributed by atoms with E-state index in [2.05, 4.69) is 19.2 Å². The van der Waals surface area contributed by atoms with Crippen molar-refractivity contribution in [2.75, 3.05) is 26.4 Å². The lowest BCUT2D eigenvalue weighted by molar-refractivity contribution is -0.379. The summed E-state index contributed by atoms with van der Waals surface area (Å²) in [6, 6.07) is -0.968. The van der Waals surface area contributed by atoms with Crippen molar-refractivity contribution in [1.82, 2.24) is 5.32 Å². The second-order valence-corrected chi connectivity index (χ2v) is 26.1. The number of carbonyl (C=O) groups excluding carboxylic acids is 1. The third-order valence-electron chi connectivity index (χ3n) is 18.3. The van der Waals surface area contributed by atoms with Gasteiger partial charge in [0, 0.05) is 6.42 Å². The van der Waals surface area contributed by atoms with E-state index in [1.165, 1.54) is 218 Å². The lowest BCUT2D eigenvalue weighted by Crippen LogP contribution is -2.66. The highest BCUT2D eigenvalue weighted by Gasteiger charge is 2.53. The van der Waals surface area contributed by atoms with Crippen molar-refractivity contribution in [2.24, 2.45) is 0 Å². The van der Waals surface area contributed by atoms with E-state index in [0.29, 0.717) is 6.42 Å². The molecule has 3 saturated heterocycles. The average Bonchev–Trinajstić information content (AvgIpc) is 3.70. The van der Waals surface area contributed by atoms with E-state index >= 15 is 0 Å². The quantitative estimate of drug-likeness (QED) is 0.0199. The van der Waals surface area contributed by atoms with Gasteiger partial charge in [-0.2, -0.15) is 0 Å². The summed E-state index contributed by atoms with van der Waals surface area (Å²) in [5.74, 6) is -0.269. The SMILES string of the molecule is CCCCCCCCCCCCCCCCC/C=C/C(O)C(COC1OC(CO)C(OC2OC(CO)C(OC3OC(CO)C(O)C(O)C3O)C(O)C2O)C(O)C1O)NC(=O)CCCCCCCCCCCCCCCCCCCCCCCCCCCC. The van der Waals surface area contributed by atoms with Crippen LogP contribution in [-0.2, 0) is 33.2 Å². The molecule has 0 aromatic rings. The van der Waals surface area contributed by atoms with Crippen LogP contribution in [0.2, 0.25) is 0 Å². The summed E-state index contributed by atoms with van der Waals surface area (Å²) >= 11 is 0. The molecule has 3 rings (SSSR count). The molecule has 17 atom stereocenters. The van der Waals surface area contributed by atoms with Gasteiger partial charge in [0.05, 0.1) is 38.6 Å². The fourth-order valence-corrected chi connectivity index (χ4v) is 12.5. The first kappa shape index (κ1) is 80.8. The fourth-order valence-electron chi connectivity index (χ4n) is 12.5. The first-order chi connectivity index (χ1) is 42.8. The van der Waals surface area contributed by atoms with Gasteiger partial charge in [-0.15, -0.1) is 0 Å². The predicted octanol–water partition coefficient (Wildman–Crippen LogP) is 9.67. The van der Waals surface area contributed by atoms with Gasteiger partial charge < -0.3 is 89.9 Å². The molecule has 0 bridgehead atoms. The van der Waals surface area contributed by atoms with Gasteiger partial charge in [-0.25, -0.2) is 0 Å². The Morgan fingerprint density at radius 2 is 0.705 bits per heavy atom. The zero-order chi connectivity index (χ0) is 64.0. The summed E-state index contributed by atoms with van der Waals surface area (Å²) in [7, 11) is 0. The number of amides is 1. The number of rotatable bonds is 56. The molecule has 12 N–H and O–H groups in total. The molecule has 3 aliphatic rings. The van der Waals surface area contributed by atoms with Crippen LogP contribution in [0.4, 0.5) is 0 Å². The monoisotopic (exact) mass is 1260 g/mol. The molecule has 3 heterocycles. The number of hydrogen-bond donors (Lipinski definition) is 12. The van der Waals surface area contributed by atoms with Gasteiger partial charge in [0.1, 0.15) is 73.2 Å². The topological polar surface area (TPSA) is 307 Å². The van der Waals surface area contributed by atoms with E-state index < -0.39 is 124 Å². The molecule has 19 heteroatoms. The van der Waals surface area contributed by atoms with Crippen LogP contribution in [0, 0.1) is 0 Å². The van der Waals surface area contributed by atoms with Crippen LogP contribution in [0.15, 0.2) is 12.2 Å². The van der Waals surface area contributed by atoms with Crippen molar-refractivity contribution in [1.29, 1.82) is 0 Å². The van der Waals surface area contributed by atoms with Gasteiger partial charge >= 0.3 is 0 Å². The fraction of sp³-hybridized carbons (Fsp3) is 0.957. The summed E-state index contributed by atoms with van der Waals surface area (Å²) in [4.78, 5) is 13.4. The molecule has 3 fully saturated rings. The van der Waals surface area contributed by atoms with E-state index in [4.69, 9.17) is 28.4 Å². The number of aliphatic hydroxyl groups is 11. The summed E-state index contributed by atoms with van der Waals surface area (Å²) in [6.45, 7) is 1.78. The third kappa shape index (κ3) is 33.6. The van der Waals surface area contributed by atoms with Crippen LogP contribution in [0.1, 0.15) is 290 Å². The van der Waals surface area contributed by atoms with E-state index in [1.807, 2.05) is 6.08 Å². The maximum atomic E-state index is 13.4. The van der Waals surface area contributed by atoms with Gasteiger partial charge in [0.2, 0.25) is 5.91 Å². The standard InChI is InChI=1S/C69H131NO18/c1-3-5-7-9-11-13-15-17-19-21-22-23-24-25-26-27-28-29-31-33-35-37-39-41-43-45-47-57(75)70-52(53(74)46-44-42-40-38-36-34-32-30-20-18-16-14-12-10-8-6-4-2)51-83-67-63(81)60(78)65(55(49-72)85-67)88-69-64(82)61(79)66(56(50-73)86-69)87-68-62(80)59(77)58(76)54(48-71)84-68/h44,46,52-56,58-69,71-74,76-82H,3-43,45,47-51H2,1-2H3,(H,70,75)/b46-44+. The Bertz CT molecular complexity index is 1650. The molecule has 0 saturated carbocycles. The summed E-state index contributed by atoms with van der Waals surface area (Å²) < 4.78 is 34.4. The molecule has 520 valence electrons. The molecule has 0 spiro atoms. The van der Waals surface area contributed by atoms with Crippen LogP contribution in [0.5, 0.6) is 0 Å². The Balaban J connectivity index is 1.41. The number of hydrogen-bond acceptors (Lipinski definition) is 18. The summed E-state index contributed by atoms with van der Waals surface area (Å²) in [5, 5.41) is 121. The Morgan fingerprint density at radius 3 is 1.07 bits per heavy atom. The van der Waals surface area contributed by atoms with Crippen LogP contribution in [0.25, 0.3) is 0 Å². The Kier molecular flexibility index (Phi) is 47.6. The second-order valence-electron chi connectivity index (χ2n) is 26.1. The molecular formula is C69H131NO18. The minimum absolute atomic E-state index is 0.250. The van der Waals surface area contributed by atoms with Crippen molar-refractivity contribution in [3.8, 4) is 0 Å². The Labute approximate surface area is 531 Å². The molecule has 1 amide bonds. The van der Waals surface area contributed by atoms with Crippen LogP contribution < -0.4 is 5.32 Å². The molecule has 0 aromatic carbocycles. The van der Waals surface area contributed by atoms with Crippen molar-refractivity contribution in [3.05, 3.63) is 12.2 Å². The van der Waals surface area contributed by atoms with E-state index in [9.17, 15) is 61.0 Å². The number of aliphatic hydroxyl groups excluding tert-OH is 11. The predicted molar refractivity (Wildman–Crippen MR) is 342 cm³/mol. The molecule has 3 aliphatic heterocycles.